The lowest BCUT2D eigenvalue weighted by Gasteiger charge is -2.32. The summed E-state index contributed by atoms with van der Waals surface area (Å²) in [6.45, 7) is 4.60. The van der Waals surface area contributed by atoms with Crippen molar-refractivity contribution in [3.8, 4) is 0 Å². The van der Waals surface area contributed by atoms with Crippen LogP contribution in [0.1, 0.15) is 41.9 Å². The van der Waals surface area contributed by atoms with Crippen LogP contribution in [0.4, 0.5) is 0 Å². The number of sulfonamides is 1. The van der Waals surface area contributed by atoms with Crippen molar-refractivity contribution in [3.05, 3.63) is 47.8 Å². The van der Waals surface area contributed by atoms with E-state index in [9.17, 15) is 13.2 Å². The zero-order chi connectivity index (χ0) is 18.0. The second kappa shape index (κ2) is 6.93. The molecule has 8 nitrogen and oxygen atoms in total. The monoisotopic (exact) mass is 363 g/mol. The highest BCUT2D eigenvalue weighted by molar-refractivity contribution is 7.89. The Balaban J connectivity index is 1.74. The molecular weight excluding hydrogens is 342 g/mol. The van der Waals surface area contributed by atoms with Crippen LogP contribution in [0.5, 0.6) is 0 Å². The molecule has 1 aliphatic heterocycles. The molecule has 0 saturated carbocycles. The molecule has 0 bridgehead atoms. The molecule has 0 fully saturated rings. The van der Waals surface area contributed by atoms with Gasteiger partial charge in [0.15, 0.2) is 0 Å². The van der Waals surface area contributed by atoms with Crippen LogP contribution in [0.25, 0.3) is 0 Å². The Bertz CT molecular complexity index is 863. The molecule has 2 aromatic rings. The molecule has 0 aliphatic carbocycles. The zero-order valence-corrected chi connectivity index (χ0v) is 15.0. The largest absolute Gasteiger partial charge is 0.345 e. The number of carbonyl (C=O) groups excluding carboxylic acids is 1. The van der Waals surface area contributed by atoms with Crippen LogP contribution >= 0.6 is 0 Å². The fourth-order valence-corrected chi connectivity index (χ4v) is 4.16. The van der Waals surface area contributed by atoms with Gasteiger partial charge in [-0.2, -0.15) is 4.31 Å². The summed E-state index contributed by atoms with van der Waals surface area (Å²) >= 11 is 0. The molecule has 25 heavy (non-hydrogen) atoms. The van der Waals surface area contributed by atoms with Crippen LogP contribution in [0.3, 0.4) is 0 Å². The van der Waals surface area contributed by atoms with Gasteiger partial charge in [-0.15, -0.1) is 0 Å². The van der Waals surface area contributed by atoms with E-state index in [0.29, 0.717) is 25.5 Å². The lowest BCUT2D eigenvalue weighted by molar-refractivity contribution is 0.0945. The fraction of sp³-hybridized carbons (Fsp3) is 0.438. The summed E-state index contributed by atoms with van der Waals surface area (Å²) in [6, 6.07) is 5.10. The van der Waals surface area contributed by atoms with Crippen LogP contribution in [0.2, 0.25) is 0 Å². The third kappa shape index (κ3) is 3.57. The Morgan fingerprint density at radius 2 is 2.16 bits per heavy atom. The van der Waals surface area contributed by atoms with E-state index in [0.717, 1.165) is 5.69 Å². The van der Waals surface area contributed by atoms with Crippen molar-refractivity contribution >= 4 is 15.9 Å². The van der Waals surface area contributed by atoms with Crippen LogP contribution in [-0.4, -0.2) is 45.5 Å². The number of nitrogens with zero attached hydrogens (tertiary/aromatic N) is 4. The molecule has 1 aliphatic rings. The summed E-state index contributed by atoms with van der Waals surface area (Å²) in [7, 11) is -3.30. The minimum absolute atomic E-state index is 0.0511. The van der Waals surface area contributed by atoms with Crippen LogP contribution in [-0.2, 0) is 23.1 Å². The number of pyridine rings is 1. The maximum absolute atomic E-state index is 12.3. The normalized spacial score (nSPS) is 17.9. The smallest absolute Gasteiger partial charge is 0.271 e. The van der Waals surface area contributed by atoms with E-state index < -0.39 is 16.1 Å². The highest BCUT2D eigenvalue weighted by Gasteiger charge is 2.33. The maximum atomic E-state index is 12.3. The average Bonchev–Trinajstić information content (AvgIpc) is 3.06. The van der Waals surface area contributed by atoms with Gasteiger partial charge in [0, 0.05) is 25.5 Å². The third-order valence-corrected chi connectivity index (χ3v) is 6.23. The molecule has 0 aromatic carbocycles. The summed E-state index contributed by atoms with van der Waals surface area (Å²) in [4.78, 5) is 20.9. The topological polar surface area (TPSA) is 97.2 Å². The quantitative estimate of drug-likeness (QED) is 0.852. The lowest BCUT2D eigenvalue weighted by Crippen LogP contribution is -2.41. The predicted molar refractivity (Wildman–Crippen MR) is 92.2 cm³/mol. The standard InChI is InChI=1S/C16H21N5O3S/c1-3-25(23,24)21-9-8-20-11-14(19-15(20)12(21)2)16(22)18-10-13-6-4-5-7-17-13/h4-7,11-12H,3,8-10H2,1-2H3,(H,18,22)/t12-/m0/s1. The summed E-state index contributed by atoms with van der Waals surface area (Å²) in [5.41, 5.74) is 1.04. The molecule has 1 N–H and O–H groups in total. The van der Waals surface area contributed by atoms with Gasteiger partial charge in [-0.05, 0) is 26.0 Å². The minimum Gasteiger partial charge on any atom is -0.345 e. The first-order valence-electron chi connectivity index (χ1n) is 8.17. The average molecular weight is 363 g/mol. The van der Waals surface area contributed by atoms with E-state index in [1.165, 1.54) is 4.31 Å². The molecule has 9 heteroatoms. The van der Waals surface area contributed by atoms with Crippen molar-refractivity contribution in [2.75, 3.05) is 12.3 Å². The number of hydrogen-bond acceptors (Lipinski definition) is 5. The van der Waals surface area contributed by atoms with Gasteiger partial charge in [-0.25, -0.2) is 13.4 Å². The number of carbonyl (C=O) groups is 1. The maximum Gasteiger partial charge on any atom is 0.271 e. The Hall–Kier alpha value is -2.26. The summed E-state index contributed by atoms with van der Waals surface area (Å²) in [6.07, 6.45) is 3.34. The molecule has 0 saturated heterocycles. The molecule has 2 aromatic heterocycles. The second-order valence-electron chi connectivity index (χ2n) is 5.87. The molecule has 1 atom stereocenters. The van der Waals surface area contributed by atoms with Crippen molar-refractivity contribution in [2.45, 2.75) is 33.0 Å². The van der Waals surface area contributed by atoms with Gasteiger partial charge in [0.05, 0.1) is 24.0 Å². The van der Waals surface area contributed by atoms with E-state index in [1.807, 2.05) is 22.8 Å². The Morgan fingerprint density at radius 1 is 1.36 bits per heavy atom. The number of hydrogen-bond donors (Lipinski definition) is 1. The molecule has 3 heterocycles. The van der Waals surface area contributed by atoms with Crippen LogP contribution in [0.15, 0.2) is 30.6 Å². The van der Waals surface area contributed by atoms with E-state index in [4.69, 9.17) is 0 Å². The van der Waals surface area contributed by atoms with E-state index in [1.54, 1.807) is 26.2 Å². The van der Waals surface area contributed by atoms with Crippen molar-refractivity contribution < 1.29 is 13.2 Å². The fourth-order valence-electron chi connectivity index (χ4n) is 2.89. The number of fused-ring (bicyclic) bond motifs is 1. The second-order valence-corrected chi connectivity index (χ2v) is 8.08. The molecule has 3 rings (SSSR count). The van der Waals surface area contributed by atoms with Crippen LogP contribution < -0.4 is 5.32 Å². The molecular formula is C16H21N5O3S. The number of imidazole rings is 1. The summed E-state index contributed by atoms with van der Waals surface area (Å²) in [5.74, 6) is 0.339. The van der Waals surface area contributed by atoms with Gasteiger partial charge in [0.2, 0.25) is 10.0 Å². The van der Waals surface area contributed by atoms with Crippen molar-refractivity contribution in [3.63, 3.8) is 0 Å². The van der Waals surface area contributed by atoms with E-state index >= 15 is 0 Å². The molecule has 0 spiro atoms. The number of rotatable bonds is 5. The molecule has 1 amide bonds. The van der Waals surface area contributed by atoms with Gasteiger partial charge < -0.3 is 9.88 Å². The van der Waals surface area contributed by atoms with Crippen molar-refractivity contribution in [1.82, 2.24) is 24.2 Å². The lowest BCUT2D eigenvalue weighted by atomic mass is 10.2. The number of aromatic nitrogens is 3. The summed E-state index contributed by atoms with van der Waals surface area (Å²) in [5, 5.41) is 2.78. The summed E-state index contributed by atoms with van der Waals surface area (Å²) < 4.78 is 27.7. The number of nitrogens with one attached hydrogen (secondary N) is 1. The van der Waals surface area contributed by atoms with Crippen molar-refractivity contribution in [1.29, 1.82) is 0 Å². The highest BCUT2D eigenvalue weighted by Crippen LogP contribution is 2.27. The Labute approximate surface area is 146 Å². The minimum atomic E-state index is -3.30. The third-order valence-electron chi connectivity index (χ3n) is 4.29. The SMILES string of the molecule is CCS(=O)(=O)N1CCn2cc(C(=O)NCc3ccccn3)nc2[C@@H]1C. The van der Waals surface area contributed by atoms with E-state index in [-0.39, 0.29) is 17.4 Å². The number of amides is 1. The highest BCUT2D eigenvalue weighted by atomic mass is 32.2. The first-order chi connectivity index (χ1) is 11.9. The molecule has 0 radical (unpaired) electrons. The Kier molecular flexibility index (Phi) is 4.87. The van der Waals surface area contributed by atoms with Gasteiger partial charge in [0.25, 0.3) is 5.91 Å². The van der Waals surface area contributed by atoms with Gasteiger partial charge >= 0.3 is 0 Å². The predicted octanol–water partition coefficient (Wildman–Crippen LogP) is 0.934. The van der Waals surface area contributed by atoms with Gasteiger partial charge in [0.1, 0.15) is 11.5 Å². The van der Waals surface area contributed by atoms with Gasteiger partial charge in [-0.1, -0.05) is 6.07 Å². The Morgan fingerprint density at radius 3 is 2.84 bits per heavy atom. The van der Waals surface area contributed by atoms with E-state index in [2.05, 4.69) is 15.3 Å². The zero-order valence-electron chi connectivity index (χ0n) is 14.2. The van der Waals surface area contributed by atoms with Gasteiger partial charge in [-0.3, -0.25) is 9.78 Å². The molecule has 0 unspecified atom stereocenters. The van der Waals surface area contributed by atoms with Crippen LogP contribution in [0, 0.1) is 0 Å². The molecule has 134 valence electrons. The first-order valence-corrected chi connectivity index (χ1v) is 9.78. The van der Waals surface area contributed by atoms with Crippen molar-refractivity contribution in [2.24, 2.45) is 0 Å². The first kappa shape index (κ1) is 17.6.